The maximum absolute atomic E-state index is 12.5. The molecule has 1 atom stereocenters. The van der Waals surface area contributed by atoms with Crippen molar-refractivity contribution in [2.45, 2.75) is 13.3 Å². The molecule has 0 spiro atoms. The van der Waals surface area contributed by atoms with E-state index in [0.29, 0.717) is 39.5 Å². The van der Waals surface area contributed by atoms with Crippen LogP contribution in [0.4, 0.5) is 5.69 Å². The van der Waals surface area contributed by atoms with Gasteiger partial charge >= 0.3 is 0 Å². The molecule has 2 fully saturated rings. The standard InChI is InChI=1S/C17H22N2O4/c1-2-23-15-5-3-14(4-6-15)19-12-13(11-16(19)20)17(21)18-7-9-22-10-8-18/h3-6,13H,2,7-12H2,1H3/t13-/m0/s1. The number of nitrogens with zero attached hydrogens (tertiary/aromatic N) is 2. The summed E-state index contributed by atoms with van der Waals surface area (Å²) < 4.78 is 10.7. The minimum atomic E-state index is -0.257. The molecule has 0 aromatic heterocycles. The molecule has 0 aliphatic carbocycles. The summed E-state index contributed by atoms with van der Waals surface area (Å²) in [5, 5.41) is 0. The van der Waals surface area contributed by atoms with Crippen LogP contribution in [0.3, 0.4) is 0 Å². The molecule has 0 saturated carbocycles. The van der Waals surface area contributed by atoms with Crippen LogP contribution < -0.4 is 9.64 Å². The van der Waals surface area contributed by atoms with Crippen LogP contribution in [0.15, 0.2) is 24.3 Å². The van der Waals surface area contributed by atoms with E-state index in [4.69, 9.17) is 9.47 Å². The van der Waals surface area contributed by atoms with Crippen LogP contribution in [0, 0.1) is 5.92 Å². The molecule has 2 amide bonds. The Hall–Kier alpha value is -2.08. The van der Waals surface area contributed by atoms with E-state index in [1.54, 1.807) is 4.90 Å². The summed E-state index contributed by atoms with van der Waals surface area (Å²) in [6, 6.07) is 7.43. The van der Waals surface area contributed by atoms with Crippen molar-refractivity contribution in [3.05, 3.63) is 24.3 Å². The van der Waals surface area contributed by atoms with Crippen molar-refractivity contribution >= 4 is 17.5 Å². The van der Waals surface area contributed by atoms with Gasteiger partial charge in [0.15, 0.2) is 0 Å². The zero-order chi connectivity index (χ0) is 16.2. The van der Waals surface area contributed by atoms with Gasteiger partial charge in [0.25, 0.3) is 0 Å². The summed E-state index contributed by atoms with van der Waals surface area (Å²) >= 11 is 0. The lowest BCUT2D eigenvalue weighted by Crippen LogP contribution is -2.44. The molecule has 1 aromatic rings. The number of benzene rings is 1. The van der Waals surface area contributed by atoms with Crippen molar-refractivity contribution in [1.82, 2.24) is 4.90 Å². The first-order chi connectivity index (χ1) is 11.2. The highest BCUT2D eigenvalue weighted by Gasteiger charge is 2.37. The van der Waals surface area contributed by atoms with Gasteiger partial charge in [-0.05, 0) is 31.2 Å². The normalized spacial score (nSPS) is 21.6. The van der Waals surface area contributed by atoms with E-state index in [1.165, 1.54) is 0 Å². The fraction of sp³-hybridized carbons (Fsp3) is 0.529. The zero-order valence-electron chi connectivity index (χ0n) is 13.4. The van der Waals surface area contributed by atoms with Crippen molar-refractivity contribution in [2.75, 3.05) is 44.4 Å². The van der Waals surface area contributed by atoms with Crippen molar-refractivity contribution in [2.24, 2.45) is 5.92 Å². The Bertz CT molecular complexity index is 566. The van der Waals surface area contributed by atoms with E-state index >= 15 is 0 Å². The highest BCUT2D eigenvalue weighted by molar-refractivity contribution is 6.00. The van der Waals surface area contributed by atoms with Crippen LogP contribution in [-0.2, 0) is 14.3 Å². The number of hydrogen-bond donors (Lipinski definition) is 0. The molecule has 0 unspecified atom stereocenters. The number of carbonyl (C=O) groups is 2. The highest BCUT2D eigenvalue weighted by Crippen LogP contribution is 2.28. The van der Waals surface area contributed by atoms with Crippen LogP contribution >= 0.6 is 0 Å². The minimum absolute atomic E-state index is 0.000712. The number of morpholine rings is 1. The van der Waals surface area contributed by atoms with Crippen LogP contribution in [-0.4, -0.2) is 56.2 Å². The SMILES string of the molecule is CCOc1ccc(N2C[C@@H](C(=O)N3CCOCC3)CC2=O)cc1. The first kappa shape index (κ1) is 15.8. The van der Waals surface area contributed by atoms with Gasteiger partial charge in [-0.3, -0.25) is 9.59 Å². The molecular formula is C17H22N2O4. The predicted molar refractivity (Wildman–Crippen MR) is 85.5 cm³/mol. The van der Waals surface area contributed by atoms with E-state index in [2.05, 4.69) is 0 Å². The van der Waals surface area contributed by atoms with Crippen molar-refractivity contribution in [1.29, 1.82) is 0 Å². The summed E-state index contributed by atoms with van der Waals surface area (Å²) in [6.07, 6.45) is 0.281. The Morgan fingerprint density at radius 1 is 1.26 bits per heavy atom. The Labute approximate surface area is 136 Å². The predicted octanol–water partition coefficient (Wildman–Crippen LogP) is 1.30. The topological polar surface area (TPSA) is 59.1 Å². The van der Waals surface area contributed by atoms with E-state index in [1.807, 2.05) is 36.1 Å². The molecule has 0 radical (unpaired) electrons. The first-order valence-corrected chi connectivity index (χ1v) is 8.09. The van der Waals surface area contributed by atoms with Gasteiger partial charge in [-0.25, -0.2) is 0 Å². The fourth-order valence-corrected chi connectivity index (χ4v) is 3.05. The molecule has 2 heterocycles. The molecule has 2 saturated heterocycles. The minimum Gasteiger partial charge on any atom is -0.494 e. The Morgan fingerprint density at radius 2 is 1.96 bits per heavy atom. The van der Waals surface area contributed by atoms with Gasteiger partial charge in [-0.2, -0.15) is 0 Å². The molecule has 0 N–H and O–H groups in total. The fourth-order valence-electron chi connectivity index (χ4n) is 3.05. The second kappa shape index (κ2) is 7.00. The number of anilines is 1. The Morgan fingerprint density at radius 3 is 2.61 bits per heavy atom. The van der Waals surface area contributed by atoms with Crippen LogP contribution in [0.1, 0.15) is 13.3 Å². The first-order valence-electron chi connectivity index (χ1n) is 8.09. The highest BCUT2D eigenvalue weighted by atomic mass is 16.5. The lowest BCUT2D eigenvalue weighted by molar-refractivity contribution is -0.139. The van der Waals surface area contributed by atoms with Crippen molar-refractivity contribution in [3.63, 3.8) is 0 Å². The van der Waals surface area contributed by atoms with Gasteiger partial charge in [0.2, 0.25) is 11.8 Å². The zero-order valence-corrected chi connectivity index (χ0v) is 13.4. The Kier molecular flexibility index (Phi) is 4.81. The molecule has 6 heteroatoms. The summed E-state index contributed by atoms with van der Waals surface area (Å²) in [6.45, 7) is 5.38. The number of amides is 2. The summed E-state index contributed by atoms with van der Waals surface area (Å²) in [5.41, 5.74) is 0.815. The largest absolute Gasteiger partial charge is 0.494 e. The molecule has 0 bridgehead atoms. The summed E-state index contributed by atoms with van der Waals surface area (Å²) in [4.78, 5) is 28.3. The van der Waals surface area contributed by atoms with E-state index in [0.717, 1.165) is 11.4 Å². The van der Waals surface area contributed by atoms with Crippen LogP contribution in [0.25, 0.3) is 0 Å². The lowest BCUT2D eigenvalue weighted by atomic mass is 10.1. The number of ether oxygens (including phenoxy) is 2. The second-order valence-electron chi connectivity index (χ2n) is 5.77. The molecule has 2 aliphatic heterocycles. The van der Waals surface area contributed by atoms with Gasteiger partial charge in [0.05, 0.1) is 25.7 Å². The molecule has 23 heavy (non-hydrogen) atoms. The number of carbonyl (C=O) groups excluding carboxylic acids is 2. The molecule has 6 nitrogen and oxygen atoms in total. The smallest absolute Gasteiger partial charge is 0.228 e. The van der Waals surface area contributed by atoms with E-state index < -0.39 is 0 Å². The molecule has 3 rings (SSSR count). The molecular weight excluding hydrogens is 296 g/mol. The van der Waals surface area contributed by atoms with Gasteiger partial charge in [0.1, 0.15) is 5.75 Å². The number of rotatable bonds is 4. The third kappa shape index (κ3) is 3.47. The monoisotopic (exact) mass is 318 g/mol. The van der Waals surface area contributed by atoms with Crippen molar-refractivity contribution in [3.8, 4) is 5.75 Å². The Balaban J connectivity index is 1.65. The lowest BCUT2D eigenvalue weighted by Gasteiger charge is -2.29. The van der Waals surface area contributed by atoms with Gasteiger partial charge in [-0.1, -0.05) is 0 Å². The molecule has 124 valence electrons. The number of hydrogen-bond acceptors (Lipinski definition) is 4. The summed E-state index contributed by atoms with van der Waals surface area (Å²) in [7, 11) is 0. The van der Waals surface area contributed by atoms with Gasteiger partial charge in [0, 0.05) is 31.7 Å². The van der Waals surface area contributed by atoms with Gasteiger partial charge < -0.3 is 19.3 Å². The average molecular weight is 318 g/mol. The van der Waals surface area contributed by atoms with Crippen molar-refractivity contribution < 1.29 is 19.1 Å². The molecule has 1 aromatic carbocycles. The second-order valence-corrected chi connectivity index (χ2v) is 5.77. The summed E-state index contributed by atoms with van der Waals surface area (Å²) in [5.74, 6) is 0.590. The van der Waals surface area contributed by atoms with Crippen LogP contribution in [0.2, 0.25) is 0 Å². The average Bonchev–Trinajstić information content (AvgIpc) is 2.98. The quantitative estimate of drug-likeness (QED) is 0.839. The third-order valence-electron chi connectivity index (χ3n) is 4.26. The maximum atomic E-state index is 12.5. The van der Waals surface area contributed by atoms with Gasteiger partial charge in [-0.15, -0.1) is 0 Å². The third-order valence-corrected chi connectivity index (χ3v) is 4.26. The maximum Gasteiger partial charge on any atom is 0.228 e. The van der Waals surface area contributed by atoms with E-state index in [-0.39, 0.29) is 24.2 Å². The van der Waals surface area contributed by atoms with Crippen LogP contribution in [0.5, 0.6) is 5.75 Å². The molecule has 2 aliphatic rings. The van der Waals surface area contributed by atoms with E-state index in [9.17, 15) is 9.59 Å².